The van der Waals surface area contributed by atoms with Gasteiger partial charge in [0.25, 0.3) is 0 Å². The first-order chi connectivity index (χ1) is 11.5. The lowest BCUT2D eigenvalue weighted by Gasteiger charge is -2.20. The van der Waals surface area contributed by atoms with E-state index in [0.717, 1.165) is 11.3 Å². The van der Waals surface area contributed by atoms with Gasteiger partial charge in [0.05, 0.1) is 25.1 Å². The Balaban J connectivity index is 1.68. The van der Waals surface area contributed by atoms with Crippen LogP contribution in [0.1, 0.15) is 24.2 Å². The summed E-state index contributed by atoms with van der Waals surface area (Å²) in [6.45, 7) is 4.10. The average Bonchev–Trinajstić information content (AvgIpc) is 3.14. The van der Waals surface area contributed by atoms with Gasteiger partial charge in [-0.3, -0.25) is 9.48 Å². The third kappa shape index (κ3) is 2.92. The molecule has 3 heterocycles. The second kappa shape index (κ2) is 6.26. The topological polar surface area (TPSA) is 105 Å². The minimum atomic E-state index is -0.114. The zero-order valence-electron chi connectivity index (χ0n) is 14.1. The SMILES string of the molecule is Cc1c(C(C)NC(=O)CN(C)c2ncnc3nc[nH]c23)cnn1C. The van der Waals surface area contributed by atoms with E-state index in [0.29, 0.717) is 17.0 Å². The molecule has 0 aliphatic heterocycles. The van der Waals surface area contributed by atoms with Crippen molar-refractivity contribution in [3.63, 3.8) is 0 Å². The fourth-order valence-electron chi connectivity index (χ4n) is 2.64. The quantitative estimate of drug-likeness (QED) is 0.715. The van der Waals surface area contributed by atoms with Gasteiger partial charge in [-0.25, -0.2) is 15.0 Å². The Morgan fingerprint density at radius 1 is 1.42 bits per heavy atom. The van der Waals surface area contributed by atoms with Crippen molar-refractivity contribution in [3.8, 4) is 0 Å². The highest BCUT2D eigenvalue weighted by Gasteiger charge is 2.17. The van der Waals surface area contributed by atoms with Gasteiger partial charge < -0.3 is 15.2 Å². The van der Waals surface area contributed by atoms with Gasteiger partial charge in [0.15, 0.2) is 11.5 Å². The lowest BCUT2D eigenvalue weighted by molar-refractivity contribution is -0.120. The highest BCUT2D eigenvalue weighted by Crippen LogP contribution is 2.19. The van der Waals surface area contributed by atoms with Gasteiger partial charge in [0.2, 0.25) is 5.91 Å². The molecule has 1 atom stereocenters. The molecule has 2 N–H and O–H groups in total. The molecule has 3 aromatic rings. The molecule has 24 heavy (non-hydrogen) atoms. The van der Waals surface area contributed by atoms with Crippen LogP contribution in [-0.4, -0.2) is 49.2 Å². The molecule has 0 spiro atoms. The molecular formula is C15H20N8O. The van der Waals surface area contributed by atoms with Gasteiger partial charge in [-0.1, -0.05) is 0 Å². The largest absolute Gasteiger partial charge is 0.348 e. The second-order valence-electron chi connectivity index (χ2n) is 5.75. The number of nitrogens with one attached hydrogen (secondary N) is 2. The maximum atomic E-state index is 12.4. The van der Waals surface area contributed by atoms with Crippen LogP contribution in [0.15, 0.2) is 18.9 Å². The summed E-state index contributed by atoms with van der Waals surface area (Å²) >= 11 is 0. The van der Waals surface area contributed by atoms with Crippen molar-refractivity contribution in [1.82, 2.24) is 35.0 Å². The maximum absolute atomic E-state index is 12.4. The molecule has 0 fully saturated rings. The molecule has 0 bridgehead atoms. The highest BCUT2D eigenvalue weighted by molar-refractivity contribution is 5.87. The van der Waals surface area contributed by atoms with E-state index in [1.165, 1.54) is 6.33 Å². The molecule has 1 unspecified atom stereocenters. The number of imidazole rings is 1. The third-order valence-electron chi connectivity index (χ3n) is 4.06. The van der Waals surface area contributed by atoms with Gasteiger partial charge in [0.1, 0.15) is 11.8 Å². The predicted octanol–water partition coefficient (Wildman–Crippen LogP) is 0.708. The molecule has 0 saturated heterocycles. The van der Waals surface area contributed by atoms with E-state index in [4.69, 9.17) is 0 Å². The van der Waals surface area contributed by atoms with Crippen LogP contribution in [0.4, 0.5) is 5.82 Å². The molecule has 3 rings (SSSR count). The molecule has 126 valence electrons. The van der Waals surface area contributed by atoms with E-state index < -0.39 is 0 Å². The number of carbonyl (C=O) groups excluding carboxylic acids is 1. The Morgan fingerprint density at radius 2 is 2.21 bits per heavy atom. The van der Waals surface area contributed by atoms with Crippen molar-refractivity contribution >= 4 is 22.9 Å². The normalized spacial score (nSPS) is 12.3. The first kappa shape index (κ1) is 15.9. The minimum Gasteiger partial charge on any atom is -0.348 e. The average molecular weight is 328 g/mol. The van der Waals surface area contributed by atoms with Crippen molar-refractivity contribution in [2.75, 3.05) is 18.5 Å². The van der Waals surface area contributed by atoms with Gasteiger partial charge in [-0.2, -0.15) is 5.10 Å². The monoisotopic (exact) mass is 328 g/mol. The van der Waals surface area contributed by atoms with Gasteiger partial charge in [-0.05, 0) is 13.8 Å². The zero-order valence-corrected chi connectivity index (χ0v) is 14.1. The lowest BCUT2D eigenvalue weighted by atomic mass is 10.1. The van der Waals surface area contributed by atoms with Crippen LogP contribution in [-0.2, 0) is 11.8 Å². The first-order valence-corrected chi connectivity index (χ1v) is 7.60. The Bertz CT molecular complexity index is 867. The fraction of sp³-hybridized carbons (Fsp3) is 0.400. The number of H-pyrrole nitrogens is 1. The molecule has 9 heteroatoms. The number of hydrogen-bond donors (Lipinski definition) is 2. The number of aryl methyl sites for hydroxylation is 1. The van der Waals surface area contributed by atoms with E-state index in [2.05, 4.69) is 30.4 Å². The predicted molar refractivity (Wildman–Crippen MR) is 89.5 cm³/mol. The minimum absolute atomic E-state index is 0.0977. The van der Waals surface area contributed by atoms with Gasteiger partial charge in [0, 0.05) is 25.4 Å². The van der Waals surface area contributed by atoms with E-state index in [1.807, 2.05) is 27.9 Å². The summed E-state index contributed by atoms with van der Waals surface area (Å²) < 4.78 is 1.79. The van der Waals surface area contributed by atoms with Crippen molar-refractivity contribution < 1.29 is 4.79 Å². The van der Waals surface area contributed by atoms with E-state index in [-0.39, 0.29) is 18.5 Å². The molecule has 1 amide bonds. The molecular weight excluding hydrogens is 308 g/mol. The molecule has 3 aromatic heterocycles. The number of aromatic amines is 1. The Hall–Kier alpha value is -2.97. The molecule has 0 saturated carbocycles. The summed E-state index contributed by atoms with van der Waals surface area (Å²) in [6.07, 6.45) is 4.78. The van der Waals surface area contributed by atoms with E-state index in [9.17, 15) is 4.79 Å². The van der Waals surface area contributed by atoms with Crippen LogP contribution in [0.3, 0.4) is 0 Å². The lowest BCUT2D eigenvalue weighted by Crippen LogP contribution is -2.37. The van der Waals surface area contributed by atoms with Crippen LogP contribution >= 0.6 is 0 Å². The summed E-state index contributed by atoms with van der Waals surface area (Å²) in [5, 5.41) is 7.20. The zero-order chi connectivity index (χ0) is 17.3. The van der Waals surface area contributed by atoms with Gasteiger partial charge in [-0.15, -0.1) is 0 Å². The second-order valence-corrected chi connectivity index (χ2v) is 5.75. The van der Waals surface area contributed by atoms with Crippen LogP contribution in [0, 0.1) is 6.92 Å². The van der Waals surface area contributed by atoms with Crippen molar-refractivity contribution in [2.24, 2.45) is 7.05 Å². The number of hydrogen-bond acceptors (Lipinski definition) is 6. The van der Waals surface area contributed by atoms with Crippen LogP contribution < -0.4 is 10.2 Å². The first-order valence-electron chi connectivity index (χ1n) is 7.60. The number of fused-ring (bicyclic) bond motifs is 1. The van der Waals surface area contributed by atoms with Crippen LogP contribution in [0.25, 0.3) is 11.2 Å². The summed E-state index contributed by atoms with van der Waals surface area (Å²) in [7, 11) is 3.69. The molecule has 0 radical (unpaired) electrons. The highest BCUT2D eigenvalue weighted by atomic mass is 16.2. The van der Waals surface area contributed by atoms with Crippen LogP contribution in [0.2, 0.25) is 0 Å². The van der Waals surface area contributed by atoms with Crippen molar-refractivity contribution in [3.05, 3.63) is 30.1 Å². The molecule has 0 aliphatic carbocycles. The van der Waals surface area contributed by atoms with E-state index in [1.54, 1.807) is 22.1 Å². The summed E-state index contributed by atoms with van der Waals surface area (Å²) in [6, 6.07) is -0.114. The Morgan fingerprint density at radius 3 is 2.92 bits per heavy atom. The summed E-state index contributed by atoms with van der Waals surface area (Å²) in [4.78, 5) is 29.5. The summed E-state index contributed by atoms with van der Waals surface area (Å²) in [5.41, 5.74) is 3.33. The number of anilines is 1. The molecule has 0 aliphatic rings. The Kier molecular flexibility index (Phi) is 4.15. The Labute approximate surface area is 139 Å². The van der Waals surface area contributed by atoms with Crippen molar-refractivity contribution in [2.45, 2.75) is 19.9 Å². The van der Waals surface area contributed by atoms with E-state index >= 15 is 0 Å². The number of nitrogens with zero attached hydrogens (tertiary/aromatic N) is 6. The fourth-order valence-corrected chi connectivity index (χ4v) is 2.64. The number of aromatic nitrogens is 6. The number of amides is 1. The number of carbonyl (C=O) groups is 1. The summed E-state index contributed by atoms with van der Waals surface area (Å²) in [5.74, 6) is 0.539. The number of likely N-dealkylation sites (N-methyl/N-ethyl adjacent to an activating group) is 1. The third-order valence-corrected chi connectivity index (χ3v) is 4.06. The van der Waals surface area contributed by atoms with Gasteiger partial charge >= 0.3 is 0 Å². The van der Waals surface area contributed by atoms with Crippen LogP contribution in [0.5, 0.6) is 0 Å². The molecule has 9 nitrogen and oxygen atoms in total. The van der Waals surface area contributed by atoms with Crippen molar-refractivity contribution in [1.29, 1.82) is 0 Å². The number of rotatable bonds is 5. The molecule has 0 aromatic carbocycles. The smallest absolute Gasteiger partial charge is 0.240 e. The maximum Gasteiger partial charge on any atom is 0.240 e. The standard InChI is InChI=1S/C15H20N8O/c1-9(11-5-20-23(4)10(11)2)21-12(24)6-22(3)15-13-14(17-7-16-13)18-8-19-15/h5,7-9H,6H2,1-4H3,(H,21,24)(H,16,17,18,19).